The molecule has 0 saturated heterocycles. The minimum atomic E-state index is -3.87. The Morgan fingerprint density at radius 1 is 1.43 bits per heavy atom. The molecule has 0 heterocycles. The molecule has 1 saturated carbocycles. The van der Waals surface area contributed by atoms with Crippen LogP contribution >= 0.6 is 0 Å². The Bertz CT molecular complexity index is 641. The third-order valence-electron chi connectivity index (χ3n) is 3.88. The van der Waals surface area contributed by atoms with Crippen LogP contribution in [0.5, 0.6) is 0 Å². The van der Waals surface area contributed by atoms with Gasteiger partial charge in [0.25, 0.3) is 0 Å². The second-order valence-corrected chi connectivity index (χ2v) is 7.26. The Morgan fingerprint density at radius 2 is 2.10 bits per heavy atom. The van der Waals surface area contributed by atoms with Crippen LogP contribution in [0.15, 0.2) is 23.1 Å². The lowest BCUT2D eigenvalue weighted by atomic mass is 9.86. The molecule has 0 amide bonds. The number of nitro groups is 1. The van der Waals surface area contributed by atoms with E-state index in [1.165, 1.54) is 36.6 Å². The Balaban J connectivity index is 2.41. The molecular weight excluding hydrogens is 294 g/mol. The highest BCUT2D eigenvalue weighted by Crippen LogP contribution is 2.34. The van der Waals surface area contributed by atoms with Crippen molar-refractivity contribution in [3.63, 3.8) is 0 Å². The summed E-state index contributed by atoms with van der Waals surface area (Å²) in [5, 5.41) is 13.9. The molecule has 0 aromatic heterocycles. The SMILES string of the molecule is CNc1cccc(S(=O)(=O)N(C)CC2CCC2)c1[N+](=O)[O-]. The molecule has 7 nitrogen and oxygen atoms in total. The van der Waals surface area contributed by atoms with Gasteiger partial charge in [0.15, 0.2) is 4.90 Å². The second-order valence-electron chi connectivity index (χ2n) is 5.24. The molecule has 8 heteroatoms. The number of hydrogen-bond acceptors (Lipinski definition) is 5. The van der Waals surface area contributed by atoms with E-state index in [0.29, 0.717) is 12.5 Å². The largest absolute Gasteiger partial charge is 0.383 e. The molecule has 1 fully saturated rings. The summed E-state index contributed by atoms with van der Waals surface area (Å²) < 4.78 is 26.4. The lowest BCUT2D eigenvalue weighted by Gasteiger charge is -2.29. The van der Waals surface area contributed by atoms with E-state index in [4.69, 9.17) is 0 Å². The van der Waals surface area contributed by atoms with Crippen LogP contribution in [0, 0.1) is 16.0 Å². The summed E-state index contributed by atoms with van der Waals surface area (Å²) in [7, 11) is -0.867. The van der Waals surface area contributed by atoms with Crippen molar-refractivity contribution < 1.29 is 13.3 Å². The van der Waals surface area contributed by atoms with E-state index >= 15 is 0 Å². The smallest absolute Gasteiger partial charge is 0.312 e. The van der Waals surface area contributed by atoms with Crippen LogP contribution in [-0.4, -0.2) is 38.3 Å². The van der Waals surface area contributed by atoms with E-state index in [1.807, 2.05) is 0 Å². The Labute approximate surface area is 124 Å². The Morgan fingerprint density at radius 3 is 2.57 bits per heavy atom. The molecule has 0 spiro atoms. The van der Waals surface area contributed by atoms with Gasteiger partial charge in [-0.25, -0.2) is 12.7 Å². The molecular formula is C13H19N3O4S. The van der Waals surface area contributed by atoms with Crippen LogP contribution in [0.25, 0.3) is 0 Å². The molecule has 0 radical (unpaired) electrons. The van der Waals surface area contributed by atoms with Crippen molar-refractivity contribution in [1.82, 2.24) is 4.31 Å². The van der Waals surface area contributed by atoms with Gasteiger partial charge < -0.3 is 5.32 Å². The fourth-order valence-corrected chi connectivity index (χ4v) is 3.85. The van der Waals surface area contributed by atoms with Gasteiger partial charge in [-0.2, -0.15) is 0 Å². The van der Waals surface area contributed by atoms with Crippen molar-refractivity contribution in [2.75, 3.05) is 26.0 Å². The van der Waals surface area contributed by atoms with E-state index in [-0.39, 0.29) is 10.6 Å². The van der Waals surface area contributed by atoms with Crippen molar-refractivity contribution in [2.45, 2.75) is 24.2 Å². The Hall–Kier alpha value is -1.67. The minimum Gasteiger partial charge on any atom is -0.383 e. The van der Waals surface area contributed by atoms with Gasteiger partial charge in [-0.1, -0.05) is 12.5 Å². The van der Waals surface area contributed by atoms with Crippen LogP contribution in [0.3, 0.4) is 0 Å². The number of anilines is 1. The standard InChI is InChI=1S/C13H19N3O4S/c1-14-11-7-4-8-12(13(11)16(17)18)21(19,20)15(2)9-10-5-3-6-10/h4,7-8,10,14H,3,5-6,9H2,1-2H3. The maximum atomic E-state index is 12.6. The molecule has 0 bridgehead atoms. The number of para-hydroxylation sites is 1. The minimum absolute atomic E-state index is 0.193. The van der Waals surface area contributed by atoms with Crippen LogP contribution < -0.4 is 5.32 Å². The first-order valence-corrected chi connectivity index (χ1v) is 8.23. The number of nitro benzene ring substituents is 1. The van der Waals surface area contributed by atoms with E-state index in [0.717, 1.165) is 19.3 Å². The predicted octanol–water partition coefficient (Wildman–Crippen LogP) is 2.06. The van der Waals surface area contributed by atoms with Crippen molar-refractivity contribution in [3.05, 3.63) is 28.3 Å². The highest BCUT2D eigenvalue weighted by atomic mass is 32.2. The molecule has 0 unspecified atom stereocenters. The first-order chi connectivity index (χ1) is 9.87. The summed E-state index contributed by atoms with van der Waals surface area (Å²) in [5.41, 5.74) is -0.210. The predicted molar refractivity (Wildman–Crippen MR) is 79.8 cm³/mol. The summed E-state index contributed by atoms with van der Waals surface area (Å²) >= 11 is 0. The zero-order valence-electron chi connectivity index (χ0n) is 12.1. The van der Waals surface area contributed by atoms with Crippen LogP contribution in [-0.2, 0) is 10.0 Å². The molecule has 1 aromatic rings. The lowest BCUT2D eigenvalue weighted by molar-refractivity contribution is -0.386. The summed E-state index contributed by atoms with van der Waals surface area (Å²) in [6.07, 6.45) is 3.14. The fraction of sp³-hybridized carbons (Fsp3) is 0.538. The molecule has 1 N–H and O–H groups in total. The summed E-state index contributed by atoms with van der Waals surface area (Å²) in [4.78, 5) is 10.3. The zero-order valence-corrected chi connectivity index (χ0v) is 12.9. The van der Waals surface area contributed by atoms with Gasteiger partial charge in [0.2, 0.25) is 10.0 Å². The zero-order chi connectivity index (χ0) is 15.6. The van der Waals surface area contributed by atoms with Gasteiger partial charge >= 0.3 is 5.69 Å². The summed E-state index contributed by atoms with van der Waals surface area (Å²) in [6.45, 7) is 0.406. The molecule has 1 aromatic carbocycles. The second kappa shape index (κ2) is 5.98. The van der Waals surface area contributed by atoms with Gasteiger partial charge in [0, 0.05) is 20.6 Å². The van der Waals surface area contributed by atoms with E-state index in [1.54, 1.807) is 0 Å². The molecule has 0 aliphatic heterocycles. The van der Waals surface area contributed by atoms with Crippen molar-refractivity contribution in [1.29, 1.82) is 0 Å². The van der Waals surface area contributed by atoms with Gasteiger partial charge in [-0.05, 0) is 30.9 Å². The van der Waals surface area contributed by atoms with Crippen LogP contribution in [0.1, 0.15) is 19.3 Å². The third-order valence-corrected chi connectivity index (χ3v) is 5.73. The van der Waals surface area contributed by atoms with Crippen molar-refractivity contribution >= 4 is 21.4 Å². The topological polar surface area (TPSA) is 92.6 Å². The fourth-order valence-electron chi connectivity index (χ4n) is 2.43. The van der Waals surface area contributed by atoms with E-state index < -0.39 is 20.6 Å². The van der Waals surface area contributed by atoms with Gasteiger partial charge in [0.1, 0.15) is 5.69 Å². The number of nitrogens with zero attached hydrogens (tertiary/aromatic N) is 2. The quantitative estimate of drug-likeness (QED) is 0.641. The average molecular weight is 313 g/mol. The molecule has 1 aliphatic carbocycles. The molecule has 0 atom stereocenters. The number of rotatable bonds is 6. The summed E-state index contributed by atoms with van der Waals surface area (Å²) in [6, 6.07) is 4.28. The molecule has 21 heavy (non-hydrogen) atoms. The van der Waals surface area contributed by atoms with Gasteiger partial charge in [-0.15, -0.1) is 0 Å². The number of hydrogen-bond donors (Lipinski definition) is 1. The van der Waals surface area contributed by atoms with Gasteiger partial charge in [0.05, 0.1) is 4.92 Å². The highest BCUT2D eigenvalue weighted by molar-refractivity contribution is 7.89. The summed E-state index contributed by atoms with van der Waals surface area (Å²) in [5.74, 6) is 0.358. The average Bonchev–Trinajstić information content (AvgIpc) is 2.41. The third kappa shape index (κ3) is 3.01. The maximum Gasteiger partial charge on any atom is 0.312 e. The van der Waals surface area contributed by atoms with Gasteiger partial charge in [-0.3, -0.25) is 10.1 Å². The number of sulfonamides is 1. The number of benzene rings is 1. The lowest BCUT2D eigenvalue weighted by Crippen LogP contribution is -2.34. The first kappa shape index (κ1) is 15.7. The Kier molecular flexibility index (Phi) is 4.48. The van der Waals surface area contributed by atoms with Crippen molar-refractivity contribution in [3.8, 4) is 0 Å². The van der Waals surface area contributed by atoms with Crippen LogP contribution in [0.4, 0.5) is 11.4 Å². The van der Waals surface area contributed by atoms with E-state index in [9.17, 15) is 18.5 Å². The molecule has 1 aliphatic rings. The van der Waals surface area contributed by atoms with E-state index in [2.05, 4.69) is 5.32 Å². The first-order valence-electron chi connectivity index (χ1n) is 6.79. The highest BCUT2D eigenvalue weighted by Gasteiger charge is 2.33. The monoisotopic (exact) mass is 313 g/mol. The molecule has 2 rings (SSSR count). The molecule has 116 valence electrons. The maximum absolute atomic E-state index is 12.6. The normalized spacial score (nSPS) is 15.8. The van der Waals surface area contributed by atoms with Crippen molar-refractivity contribution in [2.24, 2.45) is 5.92 Å². The number of nitrogens with one attached hydrogen (secondary N) is 1. The van der Waals surface area contributed by atoms with Crippen LogP contribution in [0.2, 0.25) is 0 Å².